The van der Waals surface area contributed by atoms with E-state index >= 15 is 0 Å². The number of aromatic amines is 1. The van der Waals surface area contributed by atoms with Crippen LogP contribution < -0.4 is 5.73 Å². The van der Waals surface area contributed by atoms with Gasteiger partial charge in [-0.25, -0.2) is 9.97 Å². The van der Waals surface area contributed by atoms with Gasteiger partial charge in [-0.2, -0.15) is 5.10 Å². The standard InChI is InChI=1S/C8H11N5S/c1-8(2,9)5-3-14-7(12-5)6-10-4-11-13-6/h3-4H,9H2,1-2H3,(H,10,11,13). The Morgan fingerprint density at radius 2 is 2.29 bits per heavy atom. The molecule has 0 aliphatic carbocycles. The molecular formula is C8H11N5S. The lowest BCUT2D eigenvalue weighted by atomic mass is 10.0. The molecule has 2 aromatic rings. The second-order valence-electron chi connectivity index (χ2n) is 3.59. The lowest BCUT2D eigenvalue weighted by molar-refractivity contribution is 0.539. The molecule has 0 aliphatic rings. The van der Waals surface area contributed by atoms with Crippen LogP contribution in [-0.2, 0) is 5.54 Å². The second kappa shape index (κ2) is 3.14. The van der Waals surface area contributed by atoms with E-state index in [2.05, 4.69) is 20.2 Å². The van der Waals surface area contributed by atoms with Crippen LogP contribution in [0.1, 0.15) is 19.5 Å². The number of nitrogens with one attached hydrogen (secondary N) is 1. The Balaban J connectivity index is 2.36. The van der Waals surface area contributed by atoms with Crippen molar-refractivity contribution in [1.82, 2.24) is 20.2 Å². The average Bonchev–Trinajstić information content (AvgIpc) is 2.73. The molecule has 0 radical (unpaired) electrons. The number of aromatic nitrogens is 4. The smallest absolute Gasteiger partial charge is 0.184 e. The van der Waals surface area contributed by atoms with Gasteiger partial charge in [-0.1, -0.05) is 0 Å². The molecule has 2 rings (SSSR count). The van der Waals surface area contributed by atoms with E-state index in [-0.39, 0.29) is 0 Å². The first-order chi connectivity index (χ1) is 6.57. The van der Waals surface area contributed by atoms with Gasteiger partial charge in [0, 0.05) is 5.38 Å². The van der Waals surface area contributed by atoms with Crippen LogP contribution in [0.25, 0.3) is 10.8 Å². The maximum absolute atomic E-state index is 5.92. The monoisotopic (exact) mass is 209 g/mol. The van der Waals surface area contributed by atoms with Gasteiger partial charge in [0.15, 0.2) is 10.8 Å². The zero-order chi connectivity index (χ0) is 10.2. The molecule has 0 atom stereocenters. The van der Waals surface area contributed by atoms with Crippen molar-refractivity contribution in [3.05, 3.63) is 17.4 Å². The van der Waals surface area contributed by atoms with Crippen molar-refractivity contribution in [2.24, 2.45) is 5.73 Å². The highest BCUT2D eigenvalue weighted by atomic mass is 32.1. The first-order valence-electron chi connectivity index (χ1n) is 4.18. The van der Waals surface area contributed by atoms with Crippen molar-refractivity contribution in [2.45, 2.75) is 19.4 Å². The van der Waals surface area contributed by atoms with Crippen molar-refractivity contribution in [3.8, 4) is 10.8 Å². The van der Waals surface area contributed by atoms with Gasteiger partial charge < -0.3 is 5.73 Å². The fourth-order valence-electron chi connectivity index (χ4n) is 0.987. The first kappa shape index (κ1) is 9.29. The predicted molar refractivity (Wildman–Crippen MR) is 54.7 cm³/mol. The number of thiazole rings is 1. The summed E-state index contributed by atoms with van der Waals surface area (Å²) in [5, 5.41) is 9.29. The topological polar surface area (TPSA) is 80.5 Å². The SMILES string of the molecule is CC(C)(N)c1csc(-c2ncn[nH]2)n1. The largest absolute Gasteiger partial charge is 0.321 e. The second-order valence-corrected chi connectivity index (χ2v) is 4.45. The van der Waals surface area contributed by atoms with Crippen LogP contribution in [0.4, 0.5) is 0 Å². The molecule has 74 valence electrons. The van der Waals surface area contributed by atoms with Crippen molar-refractivity contribution >= 4 is 11.3 Å². The zero-order valence-corrected chi connectivity index (χ0v) is 8.80. The molecule has 2 aromatic heterocycles. The minimum absolute atomic E-state index is 0.408. The molecule has 3 N–H and O–H groups in total. The summed E-state index contributed by atoms with van der Waals surface area (Å²) in [6.45, 7) is 3.85. The number of H-pyrrole nitrogens is 1. The fourth-order valence-corrected chi connectivity index (χ4v) is 1.93. The van der Waals surface area contributed by atoms with E-state index < -0.39 is 5.54 Å². The quantitative estimate of drug-likeness (QED) is 0.776. The van der Waals surface area contributed by atoms with E-state index in [1.54, 1.807) is 0 Å². The first-order valence-corrected chi connectivity index (χ1v) is 5.06. The third-order valence-electron chi connectivity index (χ3n) is 1.78. The summed E-state index contributed by atoms with van der Waals surface area (Å²) in [5.74, 6) is 0.686. The van der Waals surface area contributed by atoms with Crippen molar-refractivity contribution < 1.29 is 0 Å². The Morgan fingerprint density at radius 3 is 2.79 bits per heavy atom. The summed E-state index contributed by atoms with van der Waals surface area (Å²) >= 11 is 1.51. The number of nitrogens with zero attached hydrogens (tertiary/aromatic N) is 3. The molecular weight excluding hydrogens is 198 g/mol. The molecule has 0 saturated heterocycles. The minimum Gasteiger partial charge on any atom is -0.321 e. The lowest BCUT2D eigenvalue weighted by Crippen LogP contribution is -2.28. The van der Waals surface area contributed by atoms with Crippen molar-refractivity contribution in [3.63, 3.8) is 0 Å². The van der Waals surface area contributed by atoms with E-state index in [4.69, 9.17) is 5.73 Å². The number of rotatable bonds is 2. The Hall–Kier alpha value is -1.27. The Morgan fingerprint density at radius 1 is 1.50 bits per heavy atom. The van der Waals surface area contributed by atoms with Gasteiger partial charge >= 0.3 is 0 Å². The zero-order valence-electron chi connectivity index (χ0n) is 7.98. The molecule has 5 nitrogen and oxygen atoms in total. The molecule has 0 aromatic carbocycles. The Labute approximate surface area is 85.4 Å². The molecule has 2 heterocycles. The van der Waals surface area contributed by atoms with Crippen LogP contribution >= 0.6 is 11.3 Å². The normalized spacial score (nSPS) is 11.9. The molecule has 0 saturated carbocycles. The van der Waals surface area contributed by atoms with E-state index in [0.29, 0.717) is 5.82 Å². The summed E-state index contributed by atoms with van der Waals surface area (Å²) in [4.78, 5) is 8.41. The maximum Gasteiger partial charge on any atom is 0.184 e. The van der Waals surface area contributed by atoms with Gasteiger partial charge in [-0.3, -0.25) is 5.10 Å². The molecule has 0 spiro atoms. The highest BCUT2D eigenvalue weighted by Crippen LogP contribution is 2.24. The van der Waals surface area contributed by atoms with E-state index in [0.717, 1.165) is 10.7 Å². The van der Waals surface area contributed by atoms with Gasteiger partial charge in [0.2, 0.25) is 0 Å². The molecule has 0 unspecified atom stereocenters. The Kier molecular flexibility index (Phi) is 2.09. The van der Waals surface area contributed by atoms with Crippen LogP contribution in [0.3, 0.4) is 0 Å². The summed E-state index contributed by atoms with van der Waals surface area (Å²) in [6, 6.07) is 0. The van der Waals surface area contributed by atoms with Gasteiger partial charge in [0.25, 0.3) is 0 Å². The third kappa shape index (κ3) is 1.66. The fraction of sp³-hybridized carbons (Fsp3) is 0.375. The highest BCUT2D eigenvalue weighted by molar-refractivity contribution is 7.13. The molecule has 6 heteroatoms. The highest BCUT2D eigenvalue weighted by Gasteiger charge is 2.18. The van der Waals surface area contributed by atoms with Crippen molar-refractivity contribution in [2.75, 3.05) is 0 Å². The number of nitrogens with two attached hydrogens (primary N) is 1. The average molecular weight is 209 g/mol. The van der Waals surface area contributed by atoms with E-state index in [1.807, 2.05) is 19.2 Å². The third-order valence-corrected chi connectivity index (χ3v) is 2.63. The maximum atomic E-state index is 5.92. The minimum atomic E-state index is -0.408. The van der Waals surface area contributed by atoms with Crippen LogP contribution in [-0.4, -0.2) is 20.2 Å². The molecule has 14 heavy (non-hydrogen) atoms. The van der Waals surface area contributed by atoms with Crippen LogP contribution in [0.15, 0.2) is 11.7 Å². The van der Waals surface area contributed by atoms with Gasteiger partial charge in [-0.05, 0) is 13.8 Å². The summed E-state index contributed by atoms with van der Waals surface area (Å²) in [7, 11) is 0. The molecule has 0 bridgehead atoms. The number of hydrogen-bond acceptors (Lipinski definition) is 5. The van der Waals surface area contributed by atoms with Crippen LogP contribution in [0, 0.1) is 0 Å². The summed E-state index contributed by atoms with van der Waals surface area (Å²) in [6.07, 6.45) is 1.46. The molecule has 0 fully saturated rings. The van der Waals surface area contributed by atoms with Gasteiger partial charge in [0.05, 0.1) is 11.2 Å². The van der Waals surface area contributed by atoms with E-state index in [1.165, 1.54) is 17.7 Å². The van der Waals surface area contributed by atoms with E-state index in [9.17, 15) is 0 Å². The van der Waals surface area contributed by atoms with Crippen LogP contribution in [0.2, 0.25) is 0 Å². The Bertz CT molecular complexity index is 411. The molecule has 0 aliphatic heterocycles. The lowest BCUT2D eigenvalue weighted by Gasteiger charge is -2.14. The number of hydrogen-bond donors (Lipinski definition) is 2. The summed E-state index contributed by atoms with van der Waals surface area (Å²) < 4.78 is 0. The van der Waals surface area contributed by atoms with Crippen molar-refractivity contribution in [1.29, 1.82) is 0 Å². The predicted octanol–water partition coefficient (Wildman–Crippen LogP) is 1.12. The van der Waals surface area contributed by atoms with Gasteiger partial charge in [0.1, 0.15) is 6.33 Å². The van der Waals surface area contributed by atoms with Gasteiger partial charge in [-0.15, -0.1) is 11.3 Å². The summed E-state index contributed by atoms with van der Waals surface area (Å²) in [5.41, 5.74) is 6.38. The molecule has 0 amide bonds. The van der Waals surface area contributed by atoms with Crippen LogP contribution in [0.5, 0.6) is 0 Å².